The summed E-state index contributed by atoms with van der Waals surface area (Å²) in [6, 6.07) is 0. The van der Waals surface area contributed by atoms with Crippen molar-refractivity contribution < 1.29 is 0 Å². The molecule has 18 heavy (non-hydrogen) atoms. The van der Waals surface area contributed by atoms with Gasteiger partial charge in [0.1, 0.15) is 0 Å². The smallest absolute Gasteiger partial charge is 0.000809 e. The summed E-state index contributed by atoms with van der Waals surface area (Å²) in [6.07, 6.45) is 5.84. The van der Waals surface area contributed by atoms with Crippen LogP contribution in [0.2, 0.25) is 0 Å². The predicted octanol–water partition coefficient (Wildman–Crippen LogP) is 1.06. The van der Waals surface area contributed by atoms with Crippen LogP contribution < -0.4 is 22.1 Å². The zero-order chi connectivity index (χ0) is 13.7. The summed E-state index contributed by atoms with van der Waals surface area (Å²) in [4.78, 5) is 0. The van der Waals surface area contributed by atoms with Gasteiger partial charge in [0.25, 0.3) is 0 Å². The molecule has 0 aromatic heterocycles. The van der Waals surface area contributed by atoms with Crippen molar-refractivity contribution in [3.63, 3.8) is 0 Å². The molecular formula is C14H34N4. The van der Waals surface area contributed by atoms with E-state index in [2.05, 4.69) is 24.5 Å². The summed E-state index contributed by atoms with van der Waals surface area (Å²) < 4.78 is 0. The Morgan fingerprint density at radius 1 is 0.833 bits per heavy atom. The molecule has 0 aliphatic rings. The van der Waals surface area contributed by atoms with Crippen LogP contribution in [0.1, 0.15) is 46.0 Å². The minimum Gasteiger partial charge on any atom is -0.330 e. The standard InChI is InChI=1S/C14H34N4/c1-3-14(4-2,13-18-11-6-9-16)7-12-17-10-5-8-15/h17-18H,3-13,15-16H2,1-2H3. The van der Waals surface area contributed by atoms with E-state index in [9.17, 15) is 0 Å². The Bertz CT molecular complexity index is 169. The molecule has 0 rings (SSSR count). The van der Waals surface area contributed by atoms with Gasteiger partial charge in [0.15, 0.2) is 0 Å². The van der Waals surface area contributed by atoms with Gasteiger partial charge in [0.05, 0.1) is 0 Å². The quantitative estimate of drug-likeness (QED) is 0.373. The number of nitrogens with two attached hydrogens (primary N) is 2. The Hall–Kier alpha value is -0.160. The van der Waals surface area contributed by atoms with Crippen molar-refractivity contribution in [1.29, 1.82) is 0 Å². The Morgan fingerprint density at radius 2 is 1.39 bits per heavy atom. The monoisotopic (exact) mass is 258 g/mol. The average molecular weight is 258 g/mol. The molecule has 0 amide bonds. The second-order valence-corrected chi connectivity index (χ2v) is 5.17. The molecule has 0 heterocycles. The highest BCUT2D eigenvalue weighted by molar-refractivity contribution is 4.80. The SMILES string of the molecule is CCC(CC)(CCNCCCN)CNCCCN. The van der Waals surface area contributed by atoms with Gasteiger partial charge in [0, 0.05) is 6.54 Å². The van der Waals surface area contributed by atoms with Gasteiger partial charge in [-0.2, -0.15) is 0 Å². The molecule has 110 valence electrons. The fraction of sp³-hybridized carbons (Fsp3) is 1.00. The first-order chi connectivity index (χ1) is 8.74. The van der Waals surface area contributed by atoms with Crippen molar-refractivity contribution >= 4 is 0 Å². The van der Waals surface area contributed by atoms with E-state index in [1.165, 1.54) is 19.3 Å². The molecule has 0 saturated carbocycles. The molecule has 0 unspecified atom stereocenters. The van der Waals surface area contributed by atoms with E-state index in [1.54, 1.807) is 0 Å². The summed E-state index contributed by atoms with van der Waals surface area (Å²) in [5, 5.41) is 7.04. The van der Waals surface area contributed by atoms with E-state index in [0.29, 0.717) is 5.41 Å². The first kappa shape index (κ1) is 17.8. The highest BCUT2D eigenvalue weighted by Gasteiger charge is 2.24. The molecule has 0 aromatic rings. The third-order valence-corrected chi connectivity index (χ3v) is 3.95. The first-order valence-electron chi connectivity index (χ1n) is 7.56. The van der Waals surface area contributed by atoms with Crippen LogP contribution in [0.15, 0.2) is 0 Å². The Kier molecular flexibility index (Phi) is 11.8. The van der Waals surface area contributed by atoms with Crippen molar-refractivity contribution in [2.24, 2.45) is 16.9 Å². The van der Waals surface area contributed by atoms with Crippen LogP contribution in [0.25, 0.3) is 0 Å². The van der Waals surface area contributed by atoms with Crippen LogP contribution in [-0.4, -0.2) is 39.3 Å². The minimum absolute atomic E-state index is 0.435. The molecule has 4 nitrogen and oxygen atoms in total. The molecule has 4 heteroatoms. The van der Waals surface area contributed by atoms with Crippen molar-refractivity contribution in [1.82, 2.24) is 10.6 Å². The first-order valence-corrected chi connectivity index (χ1v) is 7.56. The number of hydrogen-bond acceptors (Lipinski definition) is 4. The molecule has 0 atom stereocenters. The van der Waals surface area contributed by atoms with E-state index >= 15 is 0 Å². The zero-order valence-corrected chi connectivity index (χ0v) is 12.4. The zero-order valence-electron chi connectivity index (χ0n) is 12.4. The maximum Gasteiger partial charge on any atom is 0.000809 e. The van der Waals surface area contributed by atoms with Crippen LogP contribution in [0.5, 0.6) is 0 Å². The minimum atomic E-state index is 0.435. The molecule has 0 saturated heterocycles. The van der Waals surface area contributed by atoms with E-state index in [0.717, 1.165) is 52.1 Å². The van der Waals surface area contributed by atoms with Gasteiger partial charge in [-0.1, -0.05) is 13.8 Å². The Balaban J connectivity index is 3.85. The second-order valence-electron chi connectivity index (χ2n) is 5.17. The summed E-state index contributed by atoms with van der Waals surface area (Å²) >= 11 is 0. The van der Waals surface area contributed by atoms with Crippen LogP contribution in [0.4, 0.5) is 0 Å². The van der Waals surface area contributed by atoms with Gasteiger partial charge < -0.3 is 22.1 Å². The van der Waals surface area contributed by atoms with Gasteiger partial charge in [-0.15, -0.1) is 0 Å². The number of hydrogen-bond donors (Lipinski definition) is 4. The Morgan fingerprint density at radius 3 is 1.89 bits per heavy atom. The molecule has 0 aliphatic carbocycles. The molecule has 0 spiro atoms. The second kappa shape index (κ2) is 11.9. The lowest BCUT2D eigenvalue weighted by Gasteiger charge is -2.32. The van der Waals surface area contributed by atoms with E-state index in [-0.39, 0.29) is 0 Å². The lowest BCUT2D eigenvalue weighted by molar-refractivity contribution is 0.226. The number of nitrogens with one attached hydrogen (secondary N) is 2. The third-order valence-electron chi connectivity index (χ3n) is 3.95. The average Bonchev–Trinajstić information content (AvgIpc) is 2.41. The molecule has 6 N–H and O–H groups in total. The normalized spacial score (nSPS) is 12.0. The highest BCUT2D eigenvalue weighted by atomic mass is 14.9. The summed E-state index contributed by atoms with van der Waals surface area (Å²) in [7, 11) is 0. The van der Waals surface area contributed by atoms with Crippen molar-refractivity contribution in [2.45, 2.75) is 46.0 Å². The van der Waals surface area contributed by atoms with Gasteiger partial charge >= 0.3 is 0 Å². The van der Waals surface area contributed by atoms with Crippen LogP contribution in [0, 0.1) is 5.41 Å². The lowest BCUT2D eigenvalue weighted by atomic mass is 9.79. The predicted molar refractivity (Wildman–Crippen MR) is 80.7 cm³/mol. The van der Waals surface area contributed by atoms with Gasteiger partial charge in [-0.05, 0) is 70.2 Å². The Labute approximate surface area is 113 Å². The molecule has 0 aromatic carbocycles. The van der Waals surface area contributed by atoms with Gasteiger partial charge in [-0.3, -0.25) is 0 Å². The molecule has 0 aliphatic heterocycles. The summed E-state index contributed by atoms with van der Waals surface area (Å²) in [6.45, 7) is 10.4. The van der Waals surface area contributed by atoms with Gasteiger partial charge in [-0.25, -0.2) is 0 Å². The van der Waals surface area contributed by atoms with Gasteiger partial charge in [0.2, 0.25) is 0 Å². The molecular weight excluding hydrogens is 224 g/mol. The lowest BCUT2D eigenvalue weighted by Crippen LogP contribution is -2.37. The highest BCUT2D eigenvalue weighted by Crippen LogP contribution is 2.29. The maximum atomic E-state index is 5.51. The van der Waals surface area contributed by atoms with Crippen molar-refractivity contribution in [2.75, 3.05) is 39.3 Å². The third kappa shape index (κ3) is 8.03. The largest absolute Gasteiger partial charge is 0.330 e. The summed E-state index contributed by atoms with van der Waals surface area (Å²) in [5.41, 5.74) is 11.4. The summed E-state index contributed by atoms with van der Waals surface area (Å²) in [5.74, 6) is 0. The van der Waals surface area contributed by atoms with E-state index < -0.39 is 0 Å². The van der Waals surface area contributed by atoms with E-state index in [4.69, 9.17) is 11.5 Å². The van der Waals surface area contributed by atoms with Crippen LogP contribution in [-0.2, 0) is 0 Å². The number of rotatable bonds is 13. The topological polar surface area (TPSA) is 76.1 Å². The van der Waals surface area contributed by atoms with Crippen LogP contribution in [0.3, 0.4) is 0 Å². The van der Waals surface area contributed by atoms with Crippen LogP contribution >= 0.6 is 0 Å². The van der Waals surface area contributed by atoms with Crippen molar-refractivity contribution in [3.8, 4) is 0 Å². The maximum absolute atomic E-state index is 5.51. The molecule has 0 radical (unpaired) electrons. The molecule has 0 bridgehead atoms. The van der Waals surface area contributed by atoms with E-state index in [1.807, 2.05) is 0 Å². The van der Waals surface area contributed by atoms with Crippen molar-refractivity contribution in [3.05, 3.63) is 0 Å². The molecule has 0 fully saturated rings. The fourth-order valence-electron chi connectivity index (χ4n) is 2.23. The fourth-order valence-corrected chi connectivity index (χ4v) is 2.23.